The van der Waals surface area contributed by atoms with Crippen LogP contribution in [0.5, 0.6) is 5.75 Å². The molecule has 126 valence electrons. The lowest BCUT2D eigenvalue weighted by Crippen LogP contribution is -2.30. The fraction of sp³-hybridized carbons (Fsp3) is 0.222. The monoisotopic (exact) mass is 347 g/mol. The second kappa shape index (κ2) is 7.84. The van der Waals surface area contributed by atoms with Crippen LogP contribution in [0.25, 0.3) is 0 Å². The van der Waals surface area contributed by atoms with Gasteiger partial charge in [-0.15, -0.1) is 0 Å². The van der Waals surface area contributed by atoms with Gasteiger partial charge in [-0.25, -0.2) is 4.79 Å². The number of esters is 1. The molecule has 0 aromatic heterocycles. The van der Waals surface area contributed by atoms with E-state index in [9.17, 15) is 9.59 Å². The number of hydrogen-bond donors (Lipinski definition) is 1. The van der Waals surface area contributed by atoms with Crippen molar-refractivity contribution in [2.75, 3.05) is 12.4 Å². The van der Waals surface area contributed by atoms with Crippen molar-refractivity contribution in [2.24, 2.45) is 0 Å². The summed E-state index contributed by atoms with van der Waals surface area (Å²) in [6.07, 6.45) is -0.971. The van der Waals surface area contributed by atoms with Crippen LogP contribution in [0.4, 0.5) is 5.69 Å². The molecule has 6 heteroatoms. The highest BCUT2D eigenvalue weighted by Crippen LogP contribution is 2.21. The maximum absolute atomic E-state index is 12.3. The topological polar surface area (TPSA) is 64.6 Å². The first-order chi connectivity index (χ1) is 11.4. The van der Waals surface area contributed by atoms with E-state index in [4.69, 9.17) is 21.1 Å². The number of halogens is 1. The van der Waals surface area contributed by atoms with Crippen molar-refractivity contribution in [1.29, 1.82) is 0 Å². The summed E-state index contributed by atoms with van der Waals surface area (Å²) in [7, 11) is 1.47. The Balaban J connectivity index is 2.06. The number of carbonyl (C=O) groups is 2. The van der Waals surface area contributed by atoms with E-state index < -0.39 is 18.0 Å². The Bertz CT molecular complexity index is 760. The second-order valence-corrected chi connectivity index (χ2v) is 5.69. The minimum absolute atomic E-state index is 0.278. The zero-order chi connectivity index (χ0) is 17.7. The molecule has 1 atom stereocenters. The molecule has 24 heavy (non-hydrogen) atoms. The predicted octanol–water partition coefficient (Wildman–Crippen LogP) is 3.84. The number of methoxy groups -OCH3 is 1. The van der Waals surface area contributed by atoms with Gasteiger partial charge in [-0.05, 0) is 44.2 Å². The second-order valence-electron chi connectivity index (χ2n) is 5.25. The highest BCUT2D eigenvalue weighted by Gasteiger charge is 2.21. The number of ether oxygens (including phenoxy) is 2. The van der Waals surface area contributed by atoms with Gasteiger partial charge in [0.25, 0.3) is 5.91 Å². The molecule has 0 aliphatic heterocycles. The van der Waals surface area contributed by atoms with E-state index in [2.05, 4.69) is 5.32 Å². The number of amides is 1. The van der Waals surface area contributed by atoms with Gasteiger partial charge in [0.2, 0.25) is 0 Å². The molecule has 0 saturated carbocycles. The van der Waals surface area contributed by atoms with E-state index in [1.807, 2.05) is 13.0 Å². The Morgan fingerprint density at radius 1 is 1.17 bits per heavy atom. The molecule has 1 N–H and O–H groups in total. The van der Waals surface area contributed by atoms with E-state index >= 15 is 0 Å². The van der Waals surface area contributed by atoms with Gasteiger partial charge in [-0.1, -0.05) is 29.3 Å². The molecule has 0 spiro atoms. The van der Waals surface area contributed by atoms with Gasteiger partial charge in [0, 0.05) is 10.7 Å². The Kier molecular flexibility index (Phi) is 5.82. The third kappa shape index (κ3) is 4.49. The number of benzene rings is 2. The van der Waals surface area contributed by atoms with Crippen molar-refractivity contribution in [3.05, 3.63) is 58.6 Å². The molecule has 0 fully saturated rings. The molecule has 0 saturated heterocycles. The minimum Gasteiger partial charge on any atom is -0.496 e. The normalized spacial score (nSPS) is 11.5. The third-order valence-corrected chi connectivity index (χ3v) is 3.56. The molecule has 0 radical (unpaired) electrons. The Morgan fingerprint density at radius 3 is 2.58 bits per heavy atom. The smallest absolute Gasteiger partial charge is 0.342 e. The van der Waals surface area contributed by atoms with Gasteiger partial charge in [0.05, 0.1) is 7.11 Å². The summed E-state index contributed by atoms with van der Waals surface area (Å²) in [4.78, 5) is 24.4. The predicted molar refractivity (Wildman–Crippen MR) is 92.7 cm³/mol. The lowest BCUT2D eigenvalue weighted by atomic mass is 10.1. The summed E-state index contributed by atoms with van der Waals surface area (Å²) in [5.41, 5.74) is 1.70. The fourth-order valence-corrected chi connectivity index (χ4v) is 2.26. The van der Waals surface area contributed by atoms with Crippen LogP contribution >= 0.6 is 11.6 Å². The molecule has 2 aromatic rings. The molecule has 0 aliphatic rings. The number of carbonyl (C=O) groups excluding carboxylic acids is 2. The van der Waals surface area contributed by atoms with Crippen LogP contribution in [-0.2, 0) is 9.53 Å². The number of hydrogen-bond acceptors (Lipinski definition) is 4. The van der Waals surface area contributed by atoms with E-state index in [1.165, 1.54) is 14.0 Å². The first kappa shape index (κ1) is 17.8. The number of nitrogens with one attached hydrogen (secondary N) is 1. The van der Waals surface area contributed by atoms with Crippen molar-refractivity contribution in [2.45, 2.75) is 20.0 Å². The first-order valence-corrected chi connectivity index (χ1v) is 7.70. The van der Waals surface area contributed by atoms with Crippen LogP contribution in [0.15, 0.2) is 42.5 Å². The summed E-state index contributed by atoms with van der Waals surface area (Å²) in [5, 5.41) is 3.15. The zero-order valence-corrected chi connectivity index (χ0v) is 14.4. The minimum atomic E-state index is -0.971. The van der Waals surface area contributed by atoms with Crippen LogP contribution in [-0.4, -0.2) is 25.1 Å². The number of aryl methyl sites for hydroxylation is 1. The highest BCUT2D eigenvalue weighted by molar-refractivity contribution is 6.30. The number of rotatable bonds is 5. The van der Waals surface area contributed by atoms with Crippen LogP contribution in [0, 0.1) is 6.92 Å². The summed E-state index contributed by atoms with van der Waals surface area (Å²) >= 11 is 5.87. The molecule has 0 heterocycles. The van der Waals surface area contributed by atoms with Crippen LogP contribution in [0.1, 0.15) is 22.8 Å². The van der Waals surface area contributed by atoms with Crippen LogP contribution < -0.4 is 10.1 Å². The SMILES string of the molecule is COc1ccc(C)cc1C(=O)O[C@@H](C)C(=O)Nc1cccc(Cl)c1. The van der Waals surface area contributed by atoms with Crippen LogP contribution in [0.3, 0.4) is 0 Å². The molecule has 0 unspecified atom stereocenters. The van der Waals surface area contributed by atoms with Gasteiger partial charge in [-0.3, -0.25) is 4.79 Å². The average Bonchev–Trinajstić information content (AvgIpc) is 2.54. The van der Waals surface area contributed by atoms with E-state index in [1.54, 1.807) is 36.4 Å². The van der Waals surface area contributed by atoms with Crippen molar-refractivity contribution >= 4 is 29.2 Å². The highest BCUT2D eigenvalue weighted by atomic mass is 35.5. The van der Waals surface area contributed by atoms with E-state index in [0.29, 0.717) is 16.5 Å². The lowest BCUT2D eigenvalue weighted by molar-refractivity contribution is -0.123. The van der Waals surface area contributed by atoms with Crippen molar-refractivity contribution < 1.29 is 19.1 Å². The van der Waals surface area contributed by atoms with Gasteiger partial charge < -0.3 is 14.8 Å². The van der Waals surface area contributed by atoms with Gasteiger partial charge in [0.15, 0.2) is 6.10 Å². The van der Waals surface area contributed by atoms with Crippen molar-refractivity contribution in [3.63, 3.8) is 0 Å². The largest absolute Gasteiger partial charge is 0.496 e. The molecule has 0 bridgehead atoms. The van der Waals surface area contributed by atoms with E-state index in [0.717, 1.165) is 5.56 Å². The van der Waals surface area contributed by atoms with E-state index in [-0.39, 0.29) is 5.56 Å². The summed E-state index contributed by atoms with van der Waals surface area (Å²) in [5.74, 6) is -0.672. The maximum Gasteiger partial charge on any atom is 0.342 e. The summed E-state index contributed by atoms with van der Waals surface area (Å²) in [6.45, 7) is 3.35. The lowest BCUT2D eigenvalue weighted by Gasteiger charge is -2.15. The Labute approximate surface area is 145 Å². The fourth-order valence-electron chi connectivity index (χ4n) is 2.07. The average molecular weight is 348 g/mol. The Hall–Kier alpha value is -2.53. The molecule has 5 nitrogen and oxygen atoms in total. The summed E-state index contributed by atoms with van der Waals surface area (Å²) < 4.78 is 10.4. The summed E-state index contributed by atoms with van der Waals surface area (Å²) in [6, 6.07) is 11.9. The van der Waals surface area contributed by atoms with Gasteiger partial charge in [0.1, 0.15) is 11.3 Å². The van der Waals surface area contributed by atoms with Crippen LogP contribution in [0.2, 0.25) is 5.02 Å². The molecule has 1 amide bonds. The van der Waals surface area contributed by atoms with Gasteiger partial charge in [-0.2, -0.15) is 0 Å². The van der Waals surface area contributed by atoms with Gasteiger partial charge >= 0.3 is 5.97 Å². The molecule has 2 rings (SSSR count). The quantitative estimate of drug-likeness (QED) is 0.834. The third-order valence-electron chi connectivity index (χ3n) is 3.32. The number of anilines is 1. The Morgan fingerprint density at radius 2 is 1.92 bits per heavy atom. The standard InChI is InChI=1S/C18H18ClNO4/c1-11-7-8-16(23-3)15(9-11)18(22)24-12(2)17(21)20-14-6-4-5-13(19)10-14/h4-10,12H,1-3H3,(H,20,21)/t12-/m0/s1. The van der Waals surface area contributed by atoms with Crippen molar-refractivity contribution in [3.8, 4) is 5.75 Å². The molecular weight excluding hydrogens is 330 g/mol. The molecular formula is C18H18ClNO4. The molecule has 2 aromatic carbocycles. The first-order valence-electron chi connectivity index (χ1n) is 7.32. The van der Waals surface area contributed by atoms with Crippen molar-refractivity contribution in [1.82, 2.24) is 0 Å². The zero-order valence-electron chi connectivity index (χ0n) is 13.6. The maximum atomic E-state index is 12.3. The molecule has 0 aliphatic carbocycles.